The van der Waals surface area contributed by atoms with E-state index in [0.717, 1.165) is 17.4 Å². The molecule has 0 saturated heterocycles. The Bertz CT molecular complexity index is 1200. The van der Waals surface area contributed by atoms with Crippen LogP contribution in [0.4, 0.5) is 0 Å². The van der Waals surface area contributed by atoms with Crippen molar-refractivity contribution < 1.29 is 4.74 Å². The highest BCUT2D eigenvalue weighted by atomic mass is 31.1. The van der Waals surface area contributed by atoms with Crippen molar-refractivity contribution in [2.45, 2.75) is 47.0 Å². The van der Waals surface area contributed by atoms with Gasteiger partial charge in [0.05, 0.1) is 0 Å². The van der Waals surface area contributed by atoms with Crippen LogP contribution in [0.15, 0.2) is 97.1 Å². The van der Waals surface area contributed by atoms with Crippen molar-refractivity contribution in [1.82, 2.24) is 0 Å². The third kappa shape index (κ3) is 4.82. The molecule has 1 heterocycles. The molecule has 1 aliphatic heterocycles. The molecule has 2 heteroatoms. The van der Waals surface area contributed by atoms with E-state index >= 15 is 0 Å². The molecular weight excluding hydrogens is 431 g/mol. The number of hydrogen-bond acceptors (Lipinski definition) is 1. The minimum atomic E-state index is -0.726. The second-order valence-corrected chi connectivity index (χ2v) is 12.3. The largest absolute Gasteiger partial charge is 0.456 e. The molecule has 0 aliphatic carbocycles. The molecule has 0 spiro atoms. The summed E-state index contributed by atoms with van der Waals surface area (Å²) >= 11 is 0. The highest BCUT2D eigenvalue weighted by Gasteiger charge is 2.37. The molecule has 0 atom stereocenters. The van der Waals surface area contributed by atoms with E-state index in [0.29, 0.717) is 0 Å². The van der Waals surface area contributed by atoms with Gasteiger partial charge in [-0.15, -0.1) is 0 Å². The summed E-state index contributed by atoms with van der Waals surface area (Å²) in [6.07, 6.45) is 0. The average Bonchev–Trinajstić information content (AvgIpc) is 2.82. The van der Waals surface area contributed by atoms with Crippen LogP contribution in [-0.2, 0) is 5.41 Å². The lowest BCUT2D eigenvalue weighted by atomic mass is 9.75. The van der Waals surface area contributed by atoms with Gasteiger partial charge in [0.1, 0.15) is 11.5 Å². The average molecular weight is 467 g/mol. The topological polar surface area (TPSA) is 9.23 Å². The second kappa shape index (κ2) is 10.2. The zero-order valence-corrected chi connectivity index (χ0v) is 22.1. The molecule has 4 aromatic rings. The number of para-hydroxylation sites is 2. The highest BCUT2D eigenvalue weighted by molar-refractivity contribution is 7.80. The van der Waals surface area contributed by atoms with Crippen LogP contribution < -0.4 is 20.7 Å². The molecule has 1 aliphatic rings. The lowest BCUT2D eigenvalue weighted by molar-refractivity contribution is 0.418. The second-order valence-electron chi connectivity index (χ2n) is 10.1. The molecule has 0 amide bonds. The predicted molar refractivity (Wildman–Crippen MR) is 149 cm³/mol. The molecule has 0 bridgehead atoms. The zero-order valence-electron chi connectivity index (χ0n) is 21.2. The van der Waals surface area contributed by atoms with Crippen LogP contribution in [-0.4, -0.2) is 0 Å². The van der Waals surface area contributed by atoms with Gasteiger partial charge in [0.15, 0.2) is 0 Å². The summed E-state index contributed by atoms with van der Waals surface area (Å²) in [4.78, 5) is 0. The molecule has 4 aromatic carbocycles. The summed E-state index contributed by atoms with van der Waals surface area (Å²) in [5.74, 6) is 2.88. The Kier molecular flexibility index (Phi) is 7.24. The summed E-state index contributed by atoms with van der Waals surface area (Å²) in [5.41, 5.74) is 3.59. The molecule has 0 fully saturated rings. The first-order valence-electron chi connectivity index (χ1n) is 12.1. The van der Waals surface area contributed by atoms with Crippen molar-refractivity contribution in [2.24, 2.45) is 5.92 Å². The Morgan fingerprint density at radius 2 is 1.09 bits per heavy atom. The summed E-state index contributed by atoms with van der Waals surface area (Å²) in [6, 6.07) is 34.8. The maximum atomic E-state index is 6.72. The molecule has 1 nitrogen and oxygen atoms in total. The SMILES string of the molecule is CC(C)C.Cc1cccc2c1Oc1c(P(c3ccccc3)c3ccccc3)cccc1C2(C)C. The standard InChI is InChI=1S/C28H25OP.C4H10/c1-20-12-10-17-23-26(20)29-27-24(28(23,2)3)18-11-19-25(27)30(21-13-6-4-7-14-21)22-15-8-5-9-16-22;1-4(2)3/h4-19H,1-3H3;4H,1-3H3. The third-order valence-electron chi connectivity index (χ3n) is 6.03. The number of hydrogen-bond donors (Lipinski definition) is 0. The minimum absolute atomic E-state index is 0.112. The zero-order chi connectivity index (χ0) is 24.3. The Morgan fingerprint density at radius 1 is 0.618 bits per heavy atom. The van der Waals surface area contributed by atoms with Gasteiger partial charge in [-0.05, 0) is 36.9 Å². The van der Waals surface area contributed by atoms with Crippen LogP contribution in [0.5, 0.6) is 11.5 Å². The van der Waals surface area contributed by atoms with Gasteiger partial charge in [-0.2, -0.15) is 0 Å². The maximum Gasteiger partial charge on any atom is 0.139 e. The Hall–Kier alpha value is -2.89. The van der Waals surface area contributed by atoms with Gasteiger partial charge in [0.25, 0.3) is 0 Å². The summed E-state index contributed by atoms with van der Waals surface area (Å²) in [7, 11) is -0.726. The van der Waals surface area contributed by atoms with E-state index < -0.39 is 7.92 Å². The van der Waals surface area contributed by atoms with Crippen molar-refractivity contribution in [3.8, 4) is 11.5 Å². The van der Waals surface area contributed by atoms with E-state index in [1.807, 2.05) is 0 Å². The van der Waals surface area contributed by atoms with E-state index in [1.165, 1.54) is 32.6 Å². The summed E-state index contributed by atoms with van der Waals surface area (Å²) in [6.45, 7) is 13.3. The number of ether oxygens (including phenoxy) is 1. The van der Waals surface area contributed by atoms with Crippen LogP contribution in [0.1, 0.15) is 51.3 Å². The van der Waals surface area contributed by atoms with Crippen LogP contribution in [0, 0.1) is 12.8 Å². The van der Waals surface area contributed by atoms with Gasteiger partial charge in [-0.1, -0.05) is 132 Å². The van der Waals surface area contributed by atoms with E-state index in [9.17, 15) is 0 Å². The first-order chi connectivity index (χ1) is 16.3. The highest BCUT2D eigenvalue weighted by Crippen LogP contribution is 2.51. The fourth-order valence-corrected chi connectivity index (χ4v) is 6.81. The van der Waals surface area contributed by atoms with Gasteiger partial charge in [-0.3, -0.25) is 0 Å². The first kappa shape index (κ1) is 24.2. The Morgan fingerprint density at radius 3 is 1.62 bits per heavy atom. The number of benzene rings is 4. The molecule has 174 valence electrons. The van der Waals surface area contributed by atoms with E-state index in [2.05, 4.69) is 139 Å². The minimum Gasteiger partial charge on any atom is -0.456 e. The molecule has 0 N–H and O–H groups in total. The van der Waals surface area contributed by atoms with Gasteiger partial charge >= 0.3 is 0 Å². The van der Waals surface area contributed by atoms with E-state index in [1.54, 1.807) is 0 Å². The molecule has 5 rings (SSSR count). The quantitative estimate of drug-likeness (QED) is 0.279. The lowest BCUT2D eigenvalue weighted by Crippen LogP contribution is -2.30. The third-order valence-corrected chi connectivity index (χ3v) is 8.49. The van der Waals surface area contributed by atoms with Gasteiger partial charge in [-0.25, -0.2) is 0 Å². The summed E-state index contributed by atoms with van der Waals surface area (Å²) < 4.78 is 6.72. The Balaban J connectivity index is 0.000000636. The van der Waals surface area contributed by atoms with Gasteiger partial charge in [0.2, 0.25) is 0 Å². The normalized spacial score (nSPS) is 13.4. The summed E-state index contributed by atoms with van der Waals surface area (Å²) in [5, 5.41) is 3.95. The maximum absolute atomic E-state index is 6.72. The molecule has 0 unspecified atom stereocenters. The van der Waals surface area contributed by atoms with Crippen molar-refractivity contribution in [1.29, 1.82) is 0 Å². The fourth-order valence-electron chi connectivity index (χ4n) is 4.41. The van der Waals surface area contributed by atoms with E-state index in [-0.39, 0.29) is 5.41 Å². The van der Waals surface area contributed by atoms with Crippen LogP contribution >= 0.6 is 7.92 Å². The number of aryl methyl sites for hydroxylation is 1. The van der Waals surface area contributed by atoms with Crippen molar-refractivity contribution in [2.75, 3.05) is 0 Å². The molecule has 34 heavy (non-hydrogen) atoms. The van der Waals surface area contributed by atoms with Crippen molar-refractivity contribution >= 4 is 23.8 Å². The fraction of sp³-hybridized carbons (Fsp3) is 0.250. The first-order valence-corrected chi connectivity index (χ1v) is 13.5. The smallest absolute Gasteiger partial charge is 0.139 e. The molecule has 0 radical (unpaired) electrons. The lowest BCUT2D eigenvalue weighted by Gasteiger charge is -2.37. The van der Waals surface area contributed by atoms with Crippen molar-refractivity contribution in [3.63, 3.8) is 0 Å². The number of rotatable bonds is 3. The van der Waals surface area contributed by atoms with E-state index in [4.69, 9.17) is 4.74 Å². The predicted octanol–water partition coefficient (Wildman–Crippen LogP) is 7.85. The van der Waals surface area contributed by atoms with Crippen LogP contribution in [0.3, 0.4) is 0 Å². The molecule has 0 aromatic heterocycles. The molecule has 0 saturated carbocycles. The Labute approximate surface area is 206 Å². The number of fused-ring (bicyclic) bond motifs is 2. The van der Waals surface area contributed by atoms with Crippen molar-refractivity contribution in [3.05, 3.63) is 114 Å². The van der Waals surface area contributed by atoms with Gasteiger partial charge in [0, 0.05) is 21.8 Å². The van der Waals surface area contributed by atoms with Crippen LogP contribution in [0.25, 0.3) is 0 Å². The van der Waals surface area contributed by atoms with Gasteiger partial charge < -0.3 is 4.74 Å². The van der Waals surface area contributed by atoms with Crippen LogP contribution in [0.2, 0.25) is 0 Å². The molecular formula is C32H35OP. The monoisotopic (exact) mass is 466 g/mol.